The first kappa shape index (κ1) is 87.1. The number of carbonyl (C=O) groups excluding carboxylic acids is 11. The molecule has 0 unspecified atom stereocenters. The van der Waals surface area contributed by atoms with E-state index in [-0.39, 0.29) is 77.3 Å². The molecule has 600 valence electrons. The second-order valence-electron chi connectivity index (χ2n) is 27.9. The number of halogens is 1. The van der Waals surface area contributed by atoms with E-state index >= 15 is 0 Å². The van der Waals surface area contributed by atoms with Gasteiger partial charge in [0.1, 0.15) is 11.5 Å². The number of ketones is 2. The van der Waals surface area contributed by atoms with Crippen molar-refractivity contribution >= 4 is 145 Å². The predicted octanol–water partition coefficient (Wildman–Crippen LogP) is 15.3. The average molecular weight is 1630 g/mol. The van der Waals surface area contributed by atoms with Gasteiger partial charge in [-0.25, -0.2) is 24.0 Å². The molecule has 4 aliphatic heterocycles. The van der Waals surface area contributed by atoms with Crippen LogP contribution in [0.5, 0.6) is 0 Å². The van der Waals surface area contributed by atoms with Crippen LogP contribution >= 0.6 is 34.3 Å². The Balaban J connectivity index is 0.000000166. The highest BCUT2D eigenvalue weighted by molar-refractivity contribution is 7.13. The molecule has 116 heavy (non-hydrogen) atoms. The van der Waals surface area contributed by atoms with Crippen molar-refractivity contribution in [3.63, 3.8) is 0 Å². The van der Waals surface area contributed by atoms with Crippen molar-refractivity contribution in [1.29, 1.82) is 0 Å². The third-order valence-corrected chi connectivity index (χ3v) is 21.1. The fourth-order valence-corrected chi connectivity index (χ4v) is 14.2. The lowest BCUT2D eigenvalue weighted by Crippen LogP contribution is -2.27. The summed E-state index contributed by atoms with van der Waals surface area (Å²) >= 11 is 8.70. The fraction of sp³-hybridized carbons (Fsp3) is 0.236. The van der Waals surface area contributed by atoms with E-state index < -0.39 is 23.6 Å². The Morgan fingerprint density at radius 1 is 0.491 bits per heavy atom. The SMILES string of the molecule is CCc1ccc(C(=O)OC)cc1.CN1C(=O)Cc2cc(C(=O)Cc3cc(-c4cccs4)ccc3N)ccc21.CN1C(=O)Cc2cc(C(=O)Cc3cc(-c4cccs4)ccc3NC(=O)OC(C)(C)C)ccc21.CN1C(=O)Cc2cc(C(=O)O)ccc21.COC(=O)c1ccc(N(C)C(=O)CCl)cc1.COC(=O)c1ccc2c(c1)CC(=O)N2C. The predicted molar refractivity (Wildman–Crippen MR) is 451 cm³/mol. The van der Waals surface area contributed by atoms with Gasteiger partial charge in [0.15, 0.2) is 11.6 Å². The molecule has 6 heterocycles. The van der Waals surface area contributed by atoms with Gasteiger partial charge in [-0.15, -0.1) is 34.3 Å². The lowest BCUT2D eigenvalue weighted by Gasteiger charge is -2.20. The number of nitrogens with one attached hydrogen (secondary N) is 1. The Hall–Kier alpha value is -12.9. The molecule has 24 nitrogen and oxygen atoms in total. The Morgan fingerprint density at radius 2 is 0.862 bits per heavy atom. The number of Topliss-reactive ketones (excluding diaryl/α,β-unsaturated/α-hetero) is 2. The van der Waals surface area contributed by atoms with E-state index in [0.717, 1.165) is 77.9 Å². The van der Waals surface area contributed by atoms with E-state index in [1.807, 2.05) is 89.6 Å². The summed E-state index contributed by atoms with van der Waals surface area (Å²) in [6.45, 7) is 7.47. The topological polar surface area (TPSA) is 316 Å². The zero-order valence-electron chi connectivity index (χ0n) is 66.1. The highest BCUT2D eigenvalue weighted by Crippen LogP contribution is 2.36. The lowest BCUT2D eigenvalue weighted by atomic mass is 9.97. The Kier molecular flexibility index (Phi) is 29.4. The number of hydrogen-bond acceptors (Lipinski definition) is 19. The maximum atomic E-state index is 13.2. The number of ether oxygens (including phenoxy) is 4. The van der Waals surface area contributed by atoms with Gasteiger partial charge in [-0.2, -0.15) is 0 Å². The molecular formula is C89H88ClN7O17S2. The van der Waals surface area contributed by atoms with Crippen molar-refractivity contribution in [2.24, 2.45) is 0 Å². The number of nitrogens with zero attached hydrogens (tertiary/aromatic N) is 5. The molecule has 0 spiro atoms. The number of esters is 3. The summed E-state index contributed by atoms with van der Waals surface area (Å²) in [6, 6.07) is 54.2. The minimum atomic E-state index is -0.963. The van der Waals surface area contributed by atoms with Crippen LogP contribution in [-0.2, 0) is 87.9 Å². The van der Waals surface area contributed by atoms with Gasteiger partial charge in [-0.05, 0) is 234 Å². The van der Waals surface area contributed by atoms with Crippen molar-refractivity contribution in [3.05, 3.63) is 265 Å². The fourth-order valence-electron chi connectivity index (χ4n) is 12.5. The van der Waals surface area contributed by atoms with Gasteiger partial charge < -0.3 is 54.3 Å². The van der Waals surface area contributed by atoms with E-state index in [9.17, 15) is 57.5 Å². The summed E-state index contributed by atoms with van der Waals surface area (Å²) in [5, 5.41) is 15.6. The first-order valence-corrected chi connectivity index (χ1v) is 38.8. The number of aryl methyl sites for hydroxylation is 1. The van der Waals surface area contributed by atoms with Crippen molar-refractivity contribution in [1.82, 2.24) is 0 Å². The van der Waals surface area contributed by atoms with E-state index in [1.54, 1.807) is 189 Å². The highest BCUT2D eigenvalue weighted by Gasteiger charge is 2.30. The van der Waals surface area contributed by atoms with E-state index in [4.69, 9.17) is 27.2 Å². The van der Waals surface area contributed by atoms with Crippen LogP contribution in [0.4, 0.5) is 44.6 Å². The van der Waals surface area contributed by atoms with Crippen LogP contribution in [0.25, 0.3) is 20.9 Å². The molecule has 27 heteroatoms. The van der Waals surface area contributed by atoms with E-state index in [1.165, 1.54) is 37.9 Å². The highest BCUT2D eigenvalue weighted by atomic mass is 35.5. The normalized spacial score (nSPS) is 12.5. The average Bonchev–Trinajstić information content (AvgIpc) is 1.72. The molecule has 4 N–H and O–H groups in total. The summed E-state index contributed by atoms with van der Waals surface area (Å²) in [4.78, 5) is 150. The molecule has 4 aliphatic rings. The molecular weight excluding hydrogens is 1540 g/mol. The Bertz CT molecular complexity index is 5370. The van der Waals surface area contributed by atoms with Crippen LogP contribution in [0.3, 0.4) is 0 Å². The molecule has 14 rings (SSSR count). The summed E-state index contributed by atoms with van der Waals surface area (Å²) in [5.41, 5.74) is 21.8. The molecule has 0 saturated carbocycles. The van der Waals surface area contributed by atoms with E-state index in [0.29, 0.717) is 76.1 Å². The smallest absolute Gasteiger partial charge is 0.412 e. The maximum absolute atomic E-state index is 13.2. The number of amides is 6. The first-order valence-electron chi connectivity index (χ1n) is 36.5. The van der Waals surface area contributed by atoms with Crippen LogP contribution < -0.4 is 35.6 Å². The molecule has 0 saturated heterocycles. The van der Waals surface area contributed by atoms with Crippen LogP contribution in [0.15, 0.2) is 193 Å². The number of thiophene rings is 2. The van der Waals surface area contributed by atoms with Gasteiger partial charge in [-0.3, -0.25) is 38.9 Å². The van der Waals surface area contributed by atoms with Gasteiger partial charge >= 0.3 is 30.0 Å². The molecule has 0 bridgehead atoms. The van der Waals surface area contributed by atoms with Gasteiger partial charge in [0.25, 0.3) is 0 Å². The summed E-state index contributed by atoms with van der Waals surface area (Å²) in [6.07, 6.45) is 2.07. The summed E-state index contributed by atoms with van der Waals surface area (Å²) in [7, 11) is 12.6. The van der Waals surface area contributed by atoms with Gasteiger partial charge in [0.2, 0.25) is 29.5 Å². The van der Waals surface area contributed by atoms with Crippen LogP contribution in [0.1, 0.15) is 129 Å². The molecule has 0 atom stereocenters. The summed E-state index contributed by atoms with van der Waals surface area (Å²) in [5.74, 6) is -2.26. The Morgan fingerprint density at radius 3 is 1.26 bits per heavy atom. The molecule has 0 fully saturated rings. The number of carboxylic acids is 1. The number of anilines is 7. The van der Waals surface area contributed by atoms with Crippen molar-refractivity contribution < 1.29 is 81.6 Å². The van der Waals surface area contributed by atoms with Crippen molar-refractivity contribution in [3.8, 4) is 20.9 Å². The quantitative estimate of drug-likeness (QED) is 0.0266. The maximum Gasteiger partial charge on any atom is 0.412 e. The Labute approximate surface area is 684 Å². The number of hydrogen-bond donors (Lipinski definition) is 3. The van der Waals surface area contributed by atoms with Crippen LogP contribution in [0.2, 0.25) is 0 Å². The monoisotopic (exact) mass is 1630 g/mol. The van der Waals surface area contributed by atoms with Crippen LogP contribution in [0, 0.1) is 0 Å². The zero-order chi connectivity index (χ0) is 84.4. The van der Waals surface area contributed by atoms with Crippen molar-refractivity contribution in [2.45, 2.75) is 78.2 Å². The van der Waals surface area contributed by atoms with E-state index in [2.05, 4.69) is 32.5 Å². The zero-order valence-corrected chi connectivity index (χ0v) is 68.5. The molecule has 2 aromatic heterocycles. The number of aromatic carboxylic acids is 1. The molecule has 6 amide bonds. The lowest BCUT2D eigenvalue weighted by molar-refractivity contribution is -0.117. The third-order valence-electron chi connectivity index (χ3n) is 19.1. The summed E-state index contributed by atoms with van der Waals surface area (Å²) < 4.78 is 19.1. The van der Waals surface area contributed by atoms with Gasteiger partial charge in [-0.1, -0.05) is 43.3 Å². The molecule has 0 aliphatic carbocycles. The molecule has 0 radical (unpaired) electrons. The first-order chi connectivity index (χ1) is 55.2. The van der Waals surface area contributed by atoms with Gasteiger partial charge in [0.05, 0.1) is 69.3 Å². The van der Waals surface area contributed by atoms with Crippen molar-refractivity contribution in [2.75, 3.05) is 98.0 Å². The number of benzene rings is 8. The van der Waals surface area contributed by atoms with Gasteiger partial charge in [0, 0.05) is 109 Å². The number of fused-ring (bicyclic) bond motifs is 4. The van der Waals surface area contributed by atoms with Crippen LogP contribution in [-0.4, -0.2) is 144 Å². The largest absolute Gasteiger partial charge is 0.478 e. The number of alkyl halides is 1. The standard InChI is InChI=1S/C26H26N2O4S.C21H18N2O2S.C11H12ClNO3.C11H11NO3.C10H9NO3.C10H12O2/c1-26(2,3)32-25(31)27-20-9-7-17(23-6-5-11-33-23)13-18(20)14-22(29)16-8-10-21-19(12-16)15-24(30)28(21)4;1-23-18-7-5-13(9-16(18)12-21(23)25)19(24)11-15-10-14(4-6-17(15)22)20-3-2-8-26-20;1-13(10(14)7-12)9-5-3-8(4-6-9)11(15)16-2;1-12-9-4-3-7(11(14)15-2)5-8(9)6-10(12)13;1-11-8-3-2-6(10(13)14)4-7(8)5-9(11)12;1-3-8-4-6-9(7-5-8)10(11)12-2/h5-13H,14-15H2,1-4H3,(H,27,31);2-10H,11-12,22H2,1H3;3-6H,7H2,1-2H3;3-5H,6H2,1-2H3;2-4H,5H2,1H3,(H,13,14);4-7H,3H2,1-2H3. The number of carbonyl (C=O) groups is 12. The number of nitrogen functional groups attached to an aromatic ring is 1. The number of nitrogens with two attached hydrogens (primary N) is 1. The second kappa shape index (κ2) is 39.2. The molecule has 10 aromatic rings. The second-order valence-corrected chi connectivity index (χ2v) is 30.1. The molecule has 8 aromatic carbocycles. The number of likely N-dealkylation sites (N-methyl/N-ethyl adjacent to an activating group) is 4. The third kappa shape index (κ3) is 22.1. The number of methoxy groups -OCH3 is 3. The minimum Gasteiger partial charge on any atom is -0.478 e. The number of rotatable bonds is 16. The number of carboxylic acid groups (broad SMARTS) is 1. The minimum absolute atomic E-state index is 0.00235.